The van der Waals surface area contributed by atoms with Gasteiger partial charge in [0.2, 0.25) is 11.8 Å². The van der Waals surface area contributed by atoms with Crippen LogP contribution in [0.2, 0.25) is 0 Å². The van der Waals surface area contributed by atoms with Gasteiger partial charge in [-0.2, -0.15) is 0 Å². The number of pyridine rings is 1. The van der Waals surface area contributed by atoms with Gasteiger partial charge in [0.25, 0.3) is 5.91 Å². The van der Waals surface area contributed by atoms with Crippen molar-refractivity contribution in [2.75, 3.05) is 26.4 Å². The third kappa shape index (κ3) is 4.00. The second kappa shape index (κ2) is 8.46. The zero-order chi connectivity index (χ0) is 22.8. The van der Waals surface area contributed by atoms with E-state index in [2.05, 4.69) is 25.3 Å². The second-order valence-corrected chi connectivity index (χ2v) is 7.33. The molecule has 11 nitrogen and oxygen atoms in total. The summed E-state index contributed by atoms with van der Waals surface area (Å²) in [5.41, 5.74) is 9.09. The summed E-state index contributed by atoms with van der Waals surface area (Å²) in [4.78, 5) is 43.3. The number of aromatic nitrogens is 5. The van der Waals surface area contributed by atoms with E-state index in [0.717, 1.165) is 11.3 Å². The van der Waals surface area contributed by atoms with Crippen LogP contribution in [0.3, 0.4) is 0 Å². The van der Waals surface area contributed by atoms with E-state index in [9.17, 15) is 9.59 Å². The standard InChI is InChI=1S/C21H22N8O3/c1-12-10-25-14-5-4-13(11-29(12)14)16-17(21-24-8-9-32-21)27-19(22)18(26-16)20(31)23-7-6-15(30)28(2)3/h4-5,8-11H,6-7H2,1-3H3,(H2,22,27)(H,23,31). The summed E-state index contributed by atoms with van der Waals surface area (Å²) in [6.07, 6.45) is 6.67. The number of aryl methyl sites for hydroxylation is 1. The molecule has 0 unspecified atom stereocenters. The fraction of sp³-hybridized carbons (Fsp3) is 0.238. The molecule has 0 spiro atoms. The number of carbonyl (C=O) groups is 2. The molecule has 32 heavy (non-hydrogen) atoms. The number of hydrogen-bond acceptors (Lipinski definition) is 8. The lowest BCUT2D eigenvalue weighted by molar-refractivity contribution is -0.128. The lowest BCUT2D eigenvalue weighted by Crippen LogP contribution is -2.31. The number of anilines is 1. The maximum absolute atomic E-state index is 12.8. The number of rotatable bonds is 6. The van der Waals surface area contributed by atoms with Crippen molar-refractivity contribution in [2.45, 2.75) is 13.3 Å². The van der Waals surface area contributed by atoms with Crippen molar-refractivity contribution < 1.29 is 14.0 Å². The van der Waals surface area contributed by atoms with E-state index >= 15 is 0 Å². The van der Waals surface area contributed by atoms with E-state index < -0.39 is 5.91 Å². The Kier molecular flexibility index (Phi) is 5.54. The van der Waals surface area contributed by atoms with Crippen LogP contribution in [-0.4, -0.2) is 61.7 Å². The van der Waals surface area contributed by atoms with Gasteiger partial charge in [0, 0.05) is 50.7 Å². The molecule has 2 amide bonds. The molecule has 11 heteroatoms. The summed E-state index contributed by atoms with van der Waals surface area (Å²) < 4.78 is 7.32. The first-order chi connectivity index (χ1) is 15.3. The molecule has 4 heterocycles. The van der Waals surface area contributed by atoms with Crippen molar-refractivity contribution >= 4 is 23.3 Å². The molecule has 0 atom stereocenters. The quantitative estimate of drug-likeness (QED) is 0.465. The van der Waals surface area contributed by atoms with E-state index in [-0.39, 0.29) is 36.3 Å². The van der Waals surface area contributed by atoms with Crippen molar-refractivity contribution in [1.82, 2.24) is 34.6 Å². The molecule has 3 N–H and O–H groups in total. The fourth-order valence-corrected chi connectivity index (χ4v) is 3.14. The Morgan fingerprint density at radius 3 is 2.72 bits per heavy atom. The highest BCUT2D eigenvalue weighted by atomic mass is 16.3. The van der Waals surface area contributed by atoms with Crippen LogP contribution in [0.1, 0.15) is 22.6 Å². The Labute approximate surface area is 183 Å². The van der Waals surface area contributed by atoms with Crippen LogP contribution in [0, 0.1) is 6.92 Å². The van der Waals surface area contributed by atoms with Crippen LogP contribution in [0.15, 0.2) is 41.4 Å². The Morgan fingerprint density at radius 1 is 1.19 bits per heavy atom. The molecule has 4 rings (SSSR count). The molecular weight excluding hydrogens is 412 g/mol. The lowest BCUT2D eigenvalue weighted by atomic mass is 10.1. The molecule has 0 saturated heterocycles. The number of fused-ring (bicyclic) bond motifs is 1. The zero-order valence-electron chi connectivity index (χ0n) is 17.9. The van der Waals surface area contributed by atoms with Crippen LogP contribution in [-0.2, 0) is 4.79 Å². The first kappa shape index (κ1) is 21.0. The molecule has 0 aliphatic carbocycles. The number of nitrogens with two attached hydrogens (primary N) is 1. The number of amides is 2. The van der Waals surface area contributed by atoms with Crippen molar-refractivity contribution in [2.24, 2.45) is 0 Å². The molecule has 4 aromatic heterocycles. The van der Waals surface area contributed by atoms with Crippen LogP contribution in [0.25, 0.3) is 28.5 Å². The van der Waals surface area contributed by atoms with Crippen molar-refractivity contribution in [3.8, 4) is 22.8 Å². The van der Waals surface area contributed by atoms with Gasteiger partial charge < -0.3 is 24.8 Å². The van der Waals surface area contributed by atoms with E-state index in [4.69, 9.17) is 10.2 Å². The molecular formula is C21H22N8O3. The van der Waals surface area contributed by atoms with Crippen molar-refractivity contribution in [3.63, 3.8) is 0 Å². The van der Waals surface area contributed by atoms with E-state index in [0.29, 0.717) is 17.0 Å². The average Bonchev–Trinajstić information content (AvgIpc) is 3.43. The predicted molar refractivity (Wildman–Crippen MR) is 117 cm³/mol. The maximum Gasteiger partial charge on any atom is 0.273 e. The summed E-state index contributed by atoms with van der Waals surface area (Å²) in [6, 6.07) is 3.66. The lowest BCUT2D eigenvalue weighted by Gasteiger charge is -2.13. The number of oxazole rings is 1. The normalized spacial score (nSPS) is 11.0. The van der Waals surface area contributed by atoms with Crippen LogP contribution in [0.5, 0.6) is 0 Å². The molecule has 0 fully saturated rings. The topological polar surface area (TPSA) is 145 Å². The third-order valence-corrected chi connectivity index (χ3v) is 4.86. The van der Waals surface area contributed by atoms with E-state index in [1.807, 2.05) is 29.7 Å². The predicted octanol–water partition coefficient (Wildman–Crippen LogP) is 1.55. The average molecular weight is 434 g/mol. The van der Waals surface area contributed by atoms with Gasteiger partial charge in [-0.25, -0.2) is 19.9 Å². The summed E-state index contributed by atoms with van der Waals surface area (Å²) >= 11 is 0. The van der Waals surface area contributed by atoms with Crippen molar-refractivity contribution in [1.29, 1.82) is 0 Å². The van der Waals surface area contributed by atoms with E-state index in [1.54, 1.807) is 20.3 Å². The highest BCUT2D eigenvalue weighted by Crippen LogP contribution is 2.30. The van der Waals surface area contributed by atoms with Crippen LogP contribution >= 0.6 is 0 Å². The molecule has 0 aromatic carbocycles. The number of imidazole rings is 1. The largest absolute Gasteiger partial charge is 0.443 e. The Morgan fingerprint density at radius 2 is 2.00 bits per heavy atom. The van der Waals surface area contributed by atoms with Gasteiger partial charge >= 0.3 is 0 Å². The molecule has 0 aliphatic heterocycles. The highest BCUT2D eigenvalue weighted by Gasteiger charge is 2.22. The molecule has 164 valence electrons. The zero-order valence-corrected chi connectivity index (χ0v) is 17.9. The first-order valence-corrected chi connectivity index (χ1v) is 9.85. The highest BCUT2D eigenvalue weighted by molar-refractivity contribution is 5.98. The summed E-state index contributed by atoms with van der Waals surface area (Å²) in [7, 11) is 3.31. The number of carbonyl (C=O) groups excluding carboxylic acids is 2. The van der Waals surface area contributed by atoms with Gasteiger partial charge in [0.15, 0.2) is 17.2 Å². The maximum atomic E-state index is 12.8. The molecule has 0 aliphatic rings. The number of hydrogen-bond donors (Lipinski definition) is 2. The van der Waals surface area contributed by atoms with Gasteiger partial charge in [-0.15, -0.1) is 0 Å². The Bertz CT molecular complexity index is 1290. The van der Waals surface area contributed by atoms with E-state index in [1.165, 1.54) is 17.4 Å². The molecule has 0 radical (unpaired) electrons. The van der Waals surface area contributed by atoms with Gasteiger partial charge in [0.05, 0.1) is 6.20 Å². The van der Waals surface area contributed by atoms with Gasteiger partial charge in [-0.05, 0) is 19.1 Å². The van der Waals surface area contributed by atoms with Crippen LogP contribution in [0.4, 0.5) is 5.82 Å². The van der Waals surface area contributed by atoms with Crippen LogP contribution < -0.4 is 11.1 Å². The van der Waals surface area contributed by atoms with Crippen molar-refractivity contribution in [3.05, 3.63) is 48.4 Å². The summed E-state index contributed by atoms with van der Waals surface area (Å²) in [5, 5.41) is 2.67. The second-order valence-electron chi connectivity index (χ2n) is 7.33. The first-order valence-electron chi connectivity index (χ1n) is 9.85. The van der Waals surface area contributed by atoms with Gasteiger partial charge in [-0.3, -0.25) is 9.59 Å². The number of nitrogen functional groups attached to an aromatic ring is 1. The van der Waals surface area contributed by atoms with Gasteiger partial charge in [-0.1, -0.05) is 0 Å². The Balaban J connectivity index is 1.74. The third-order valence-electron chi connectivity index (χ3n) is 4.86. The summed E-state index contributed by atoms with van der Waals surface area (Å²) in [5.74, 6) is -0.474. The SMILES string of the molecule is Cc1cnc2ccc(-c3nc(C(=O)NCCC(=O)N(C)C)c(N)nc3-c3ncco3)cn12. The fourth-order valence-electron chi connectivity index (χ4n) is 3.14. The Hall–Kier alpha value is -4.28. The molecule has 0 bridgehead atoms. The number of nitrogens with zero attached hydrogens (tertiary/aromatic N) is 6. The minimum Gasteiger partial charge on any atom is -0.443 e. The molecule has 0 saturated carbocycles. The number of nitrogens with one attached hydrogen (secondary N) is 1. The monoisotopic (exact) mass is 434 g/mol. The smallest absolute Gasteiger partial charge is 0.273 e. The molecule has 4 aromatic rings. The summed E-state index contributed by atoms with van der Waals surface area (Å²) in [6.45, 7) is 2.08. The van der Waals surface area contributed by atoms with Gasteiger partial charge in [0.1, 0.15) is 17.6 Å². The minimum absolute atomic E-state index is 0.0462. The minimum atomic E-state index is -0.526.